The Morgan fingerprint density at radius 2 is 1.83 bits per heavy atom. The van der Waals surface area contributed by atoms with Gasteiger partial charge in [0.05, 0.1) is 15.7 Å². The van der Waals surface area contributed by atoms with E-state index in [1.807, 2.05) is 19.1 Å². The molecule has 6 heteroatoms. The Balaban J connectivity index is 1.73. The number of halogens is 1. The summed E-state index contributed by atoms with van der Waals surface area (Å²) in [6.07, 6.45) is 4.36. The second kappa shape index (κ2) is 7.28. The lowest BCUT2D eigenvalue weighted by atomic mass is 9.87. The molecule has 0 spiro atoms. The van der Waals surface area contributed by atoms with Crippen molar-refractivity contribution in [3.63, 3.8) is 0 Å². The summed E-state index contributed by atoms with van der Waals surface area (Å²) in [5.41, 5.74) is 1.62. The van der Waals surface area contributed by atoms with Crippen molar-refractivity contribution in [2.45, 2.75) is 45.6 Å². The minimum absolute atomic E-state index is 0.135. The van der Waals surface area contributed by atoms with Crippen LogP contribution in [0.2, 0.25) is 5.02 Å². The number of amides is 2. The minimum atomic E-state index is -1.21. The Morgan fingerprint density at radius 1 is 1.21 bits per heavy atom. The molecule has 0 saturated heterocycles. The molecule has 2 amide bonds. The molecule has 1 aromatic carbocycles. The molecule has 0 aromatic heterocycles. The zero-order chi connectivity index (χ0) is 17.3. The lowest BCUT2D eigenvalue weighted by Crippen LogP contribution is -2.44. The molecule has 24 heavy (non-hydrogen) atoms. The van der Waals surface area contributed by atoms with Crippen molar-refractivity contribution in [3.05, 3.63) is 40.5 Å². The summed E-state index contributed by atoms with van der Waals surface area (Å²) in [5.74, 6) is 0.967. The summed E-state index contributed by atoms with van der Waals surface area (Å²) >= 11 is 5.92. The van der Waals surface area contributed by atoms with Gasteiger partial charge in [-0.2, -0.15) is 0 Å². The van der Waals surface area contributed by atoms with E-state index in [1.165, 1.54) is 0 Å². The Morgan fingerprint density at radius 3 is 2.46 bits per heavy atom. The second-order valence-corrected chi connectivity index (χ2v) is 8.52. The van der Waals surface area contributed by atoms with Crippen molar-refractivity contribution >= 4 is 33.3 Å². The number of benzene rings is 1. The smallest absolute Gasteiger partial charge is 0.322 e. The summed E-state index contributed by atoms with van der Waals surface area (Å²) in [6, 6.07) is 7.35. The maximum atomic E-state index is 12.6. The molecule has 2 aliphatic rings. The van der Waals surface area contributed by atoms with Crippen LogP contribution in [0.4, 0.5) is 4.79 Å². The molecule has 1 fully saturated rings. The third-order valence-corrected chi connectivity index (χ3v) is 6.63. The molecule has 3 rings (SSSR count). The predicted molar refractivity (Wildman–Crippen MR) is 98.8 cm³/mol. The van der Waals surface area contributed by atoms with Gasteiger partial charge in [0, 0.05) is 16.8 Å². The van der Waals surface area contributed by atoms with Crippen molar-refractivity contribution in [2.75, 3.05) is 5.88 Å². The maximum Gasteiger partial charge on any atom is 0.322 e. The second-order valence-electron chi connectivity index (χ2n) is 6.73. The van der Waals surface area contributed by atoms with Crippen LogP contribution in [0.15, 0.2) is 30.0 Å². The third kappa shape index (κ3) is 3.67. The molecule has 1 aromatic rings. The normalized spacial score (nSPS) is 27.5. The molecule has 1 N–H and O–H groups in total. The molecule has 130 valence electrons. The predicted octanol–water partition coefficient (Wildman–Crippen LogP) is 4.34. The quantitative estimate of drug-likeness (QED) is 0.846. The van der Waals surface area contributed by atoms with Crippen LogP contribution in [0.1, 0.15) is 45.1 Å². The van der Waals surface area contributed by atoms with E-state index in [0.29, 0.717) is 5.02 Å². The van der Waals surface area contributed by atoms with E-state index in [4.69, 9.17) is 11.6 Å². The van der Waals surface area contributed by atoms with Crippen molar-refractivity contribution in [2.24, 2.45) is 5.92 Å². The van der Waals surface area contributed by atoms with E-state index >= 15 is 0 Å². The van der Waals surface area contributed by atoms with E-state index in [9.17, 15) is 9.00 Å². The molecular weight excluding hydrogens is 344 g/mol. The number of carbonyl (C=O) groups is 1. The number of allylic oxidation sites excluding steroid dienone is 1. The van der Waals surface area contributed by atoms with Gasteiger partial charge < -0.3 is 5.32 Å². The van der Waals surface area contributed by atoms with Crippen LogP contribution in [0.3, 0.4) is 0 Å². The van der Waals surface area contributed by atoms with Gasteiger partial charge in [0.15, 0.2) is 0 Å². The number of urea groups is 1. The van der Waals surface area contributed by atoms with Crippen molar-refractivity contribution in [1.82, 2.24) is 10.2 Å². The first-order chi connectivity index (χ1) is 11.5. The topological polar surface area (TPSA) is 49.4 Å². The van der Waals surface area contributed by atoms with Crippen LogP contribution in [-0.2, 0) is 10.8 Å². The molecule has 1 unspecified atom stereocenters. The Labute approximate surface area is 150 Å². The van der Waals surface area contributed by atoms with E-state index in [-0.39, 0.29) is 17.9 Å². The molecule has 0 radical (unpaired) electrons. The Kier molecular flexibility index (Phi) is 5.30. The van der Waals surface area contributed by atoms with Crippen molar-refractivity contribution in [3.8, 4) is 0 Å². The van der Waals surface area contributed by atoms with Crippen LogP contribution >= 0.6 is 11.6 Å². The standard InChI is InChI=1S/C18H23ClN2O2S/c1-12-3-9-16(10-4-12)20-18(22)21-11-24(23)17(13(21)2)14-5-7-15(19)8-6-14/h5-8,12,16H,3-4,9-11H2,1-2H3,(H,20,22). The first-order valence-corrected chi connectivity index (χ1v) is 10.1. The third-order valence-electron chi connectivity index (χ3n) is 4.90. The average molecular weight is 367 g/mol. The maximum absolute atomic E-state index is 12.6. The zero-order valence-electron chi connectivity index (χ0n) is 14.0. The van der Waals surface area contributed by atoms with Crippen LogP contribution in [0.25, 0.3) is 4.91 Å². The Bertz CT molecular complexity index is 679. The number of carbonyl (C=O) groups excluding carboxylic acids is 1. The van der Waals surface area contributed by atoms with Crippen LogP contribution < -0.4 is 5.32 Å². The number of hydrogen-bond donors (Lipinski definition) is 1. The average Bonchev–Trinajstić information content (AvgIpc) is 2.85. The van der Waals surface area contributed by atoms with E-state index in [2.05, 4.69) is 12.2 Å². The van der Waals surface area contributed by atoms with Gasteiger partial charge >= 0.3 is 6.03 Å². The number of rotatable bonds is 2. The van der Waals surface area contributed by atoms with Crippen LogP contribution in [0.5, 0.6) is 0 Å². The first kappa shape index (κ1) is 17.5. The molecule has 0 bridgehead atoms. The fourth-order valence-corrected chi connectivity index (χ4v) is 5.01. The summed E-state index contributed by atoms with van der Waals surface area (Å²) in [5, 5.41) is 3.75. The fraction of sp³-hybridized carbons (Fsp3) is 0.500. The summed E-state index contributed by atoms with van der Waals surface area (Å²) < 4.78 is 12.5. The van der Waals surface area contributed by atoms with Crippen molar-refractivity contribution in [1.29, 1.82) is 0 Å². The van der Waals surface area contributed by atoms with Gasteiger partial charge in [0.25, 0.3) is 0 Å². The lowest BCUT2D eigenvalue weighted by Gasteiger charge is -2.29. The number of nitrogens with one attached hydrogen (secondary N) is 1. The van der Waals surface area contributed by atoms with Gasteiger partial charge in [0.2, 0.25) is 0 Å². The summed E-state index contributed by atoms with van der Waals surface area (Å²) in [4.78, 5) is 14.9. The molecule has 4 nitrogen and oxygen atoms in total. The molecule has 1 heterocycles. The molecule has 1 aliphatic heterocycles. The van der Waals surface area contributed by atoms with Crippen molar-refractivity contribution < 1.29 is 9.00 Å². The highest BCUT2D eigenvalue weighted by molar-refractivity contribution is 7.94. The van der Waals surface area contributed by atoms with Gasteiger partial charge in [-0.1, -0.05) is 30.7 Å². The molecular formula is C18H23ClN2O2S. The largest absolute Gasteiger partial charge is 0.335 e. The molecule has 1 saturated carbocycles. The summed E-state index contributed by atoms with van der Waals surface area (Å²) in [6.45, 7) is 4.12. The highest BCUT2D eigenvalue weighted by Crippen LogP contribution is 2.32. The van der Waals surface area contributed by atoms with Crippen LogP contribution in [0, 0.1) is 5.92 Å². The number of nitrogens with zero attached hydrogens (tertiary/aromatic N) is 1. The minimum Gasteiger partial charge on any atom is -0.335 e. The first-order valence-electron chi connectivity index (χ1n) is 8.39. The highest BCUT2D eigenvalue weighted by atomic mass is 35.5. The van der Waals surface area contributed by atoms with E-state index < -0.39 is 10.8 Å². The van der Waals surface area contributed by atoms with E-state index in [0.717, 1.165) is 47.8 Å². The monoisotopic (exact) mass is 366 g/mol. The van der Waals surface area contributed by atoms with Gasteiger partial charge in [-0.3, -0.25) is 9.11 Å². The molecule has 1 aliphatic carbocycles. The van der Waals surface area contributed by atoms with Gasteiger partial charge in [-0.25, -0.2) is 4.79 Å². The lowest BCUT2D eigenvalue weighted by molar-refractivity contribution is 0.206. The Hall–Kier alpha value is -1.33. The number of hydrogen-bond acceptors (Lipinski definition) is 2. The summed E-state index contributed by atoms with van der Waals surface area (Å²) in [7, 11) is -1.21. The van der Waals surface area contributed by atoms with Gasteiger partial charge in [-0.05, 0) is 56.2 Å². The molecule has 1 atom stereocenters. The highest BCUT2D eigenvalue weighted by Gasteiger charge is 2.32. The fourth-order valence-electron chi connectivity index (χ4n) is 3.38. The van der Waals surface area contributed by atoms with Crippen LogP contribution in [-0.4, -0.2) is 27.1 Å². The zero-order valence-corrected chi connectivity index (χ0v) is 15.6. The van der Waals surface area contributed by atoms with Gasteiger partial charge in [-0.15, -0.1) is 0 Å². The van der Waals surface area contributed by atoms with E-state index in [1.54, 1.807) is 17.0 Å². The SMILES string of the molecule is CC1=C(c2ccc(Cl)cc2)S(=O)CN1C(=O)NC1CCC(C)CC1. The van der Waals surface area contributed by atoms with Gasteiger partial charge in [0.1, 0.15) is 5.88 Å².